The summed E-state index contributed by atoms with van der Waals surface area (Å²) < 4.78 is 5.02. The van der Waals surface area contributed by atoms with Gasteiger partial charge < -0.3 is 10.2 Å². The van der Waals surface area contributed by atoms with E-state index in [9.17, 15) is 4.79 Å². The summed E-state index contributed by atoms with van der Waals surface area (Å²) in [6.45, 7) is 0. The molecule has 0 aliphatic rings. The number of halogens is 2. The fraction of sp³-hybridized carbons (Fsp3) is 0.0714. The zero-order valence-electron chi connectivity index (χ0n) is 10.2. The molecule has 2 aromatic carbocycles. The molecule has 3 rings (SSSR count). The third-order valence-electron chi connectivity index (χ3n) is 3.11. The van der Waals surface area contributed by atoms with Gasteiger partial charge in [0.25, 0.3) is 0 Å². The summed E-state index contributed by atoms with van der Waals surface area (Å²) >= 11 is 12.3. The van der Waals surface area contributed by atoms with Crippen LogP contribution in [0.2, 0.25) is 10.0 Å². The largest absolute Gasteiger partial charge is 0.417 e. The van der Waals surface area contributed by atoms with Gasteiger partial charge in [-0.3, -0.25) is 4.98 Å². The molecule has 6 heteroatoms. The number of oxazole rings is 1. The summed E-state index contributed by atoms with van der Waals surface area (Å²) in [5, 5.41) is 1.00. The van der Waals surface area contributed by atoms with E-state index < -0.39 is 11.8 Å². The summed E-state index contributed by atoms with van der Waals surface area (Å²) in [6, 6.07) is 9.97. The molecule has 0 aliphatic heterocycles. The molecule has 0 radical (unpaired) electrons. The highest BCUT2D eigenvalue weighted by molar-refractivity contribution is 6.36. The number of hydrogen-bond donors (Lipinski definition) is 2. The Balaban J connectivity index is 2.12. The number of rotatable bonds is 2. The van der Waals surface area contributed by atoms with Crippen LogP contribution >= 0.6 is 23.2 Å². The molecule has 1 unspecified atom stereocenters. The molecule has 1 atom stereocenters. The van der Waals surface area contributed by atoms with E-state index in [1.54, 1.807) is 36.4 Å². The lowest BCUT2D eigenvalue weighted by Crippen LogP contribution is -2.12. The number of benzene rings is 2. The molecule has 1 aromatic heterocycles. The van der Waals surface area contributed by atoms with Crippen molar-refractivity contribution in [3.8, 4) is 0 Å². The van der Waals surface area contributed by atoms with E-state index in [-0.39, 0.29) is 0 Å². The second-order valence-corrected chi connectivity index (χ2v) is 5.20. The topological polar surface area (TPSA) is 72.0 Å². The Morgan fingerprint density at radius 2 is 1.85 bits per heavy atom. The molecule has 3 N–H and O–H groups in total. The van der Waals surface area contributed by atoms with Gasteiger partial charge in [0.2, 0.25) is 0 Å². The van der Waals surface area contributed by atoms with Gasteiger partial charge in [0, 0.05) is 15.6 Å². The highest BCUT2D eigenvalue weighted by atomic mass is 35.5. The number of nitrogens with one attached hydrogen (secondary N) is 1. The molecule has 0 aliphatic carbocycles. The molecule has 102 valence electrons. The fourth-order valence-electron chi connectivity index (χ4n) is 2.13. The van der Waals surface area contributed by atoms with Crippen LogP contribution in [0.5, 0.6) is 0 Å². The van der Waals surface area contributed by atoms with Crippen molar-refractivity contribution in [1.82, 2.24) is 4.98 Å². The fourth-order valence-corrected chi connectivity index (χ4v) is 2.76. The Kier molecular flexibility index (Phi) is 3.30. The molecule has 0 saturated carbocycles. The second kappa shape index (κ2) is 4.98. The summed E-state index contributed by atoms with van der Waals surface area (Å²) in [5.41, 5.74) is 8.69. The number of fused-ring (bicyclic) bond motifs is 1. The number of hydrogen-bond acceptors (Lipinski definition) is 3. The zero-order valence-corrected chi connectivity index (χ0v) is 11.7. The van der Waals surface area contributed by atoms with Gasteiger partial charge in [0.1, 0.15) is 0 Å². The van der Waals surface area contributed by atoms with Crippen molar-refractivity contribution in [2.24, 2.45) is 5.73 Å². The van der Waals surface area contributed by atoms with Gasteiger partial charge in [0.15, 0.2) is 5.58 Å². The van der Waals surface area contributed by atoms with Crippen LogP contribution in [-0.4, -0.2) is 4.98 Å². The quantitative estimate of drug-likeness (QED) is 0.761. The van der Waals surface area contributed by atoms with Crippen LogP contribution in [0.25, 0.3) is 11.1 Å². The predicted octanol–water partition coefficient (Wildman–Crippen LogP) is 3.48. The van der Waals surface area contributed by atoms with Crippen LogP contribution in [0, 0.1) is 0 Å². The summed E-state index contributed by atoms with van der Waals surface area (Å²) in [4.78, 5) is 13.7. The van der Waals surface area contributed by atoms with Crippen molar-refractivity contribution in [3.63, 3.8) is 0 Å². The summed E-state index contributed by atoms with van der Waals surface area (Å²) in [5.74, 6) is -0.499. The molecular weight excluding hydrogens is 299 g/mol. The normalized spacial score (nSPS) is 12.8. The van der Waals surface area contributed by atoms with Crippen LogP contribution in [0.4, 0.5) is 0 Å². The Morgan fingerprint density at radius 1 is 1.15 bits per heavy atom. The van der Waals surface area contributed by atoms with Gasteiger partial charge in [-0.25, -0.2) is 4.79 Å². The second-order valence-electron chi connectivity index (χ2n) is 4.38. The standard InChI is InChI=1S/C14H10Cl2N2O2/c15-8-2-1-3-9(16)12(8)13(17)7-4-5-10-11(6-7)20-14(19)18-10/h1-6,13H,17H2,(H,18,19). The van der Waals surface area contributed by atoms with Crippen molar-refractivity contribution < 1.29 is 4.42 Å². The number of aromatic nitrogens is 1. The molecule has 0 bridgehead atoms. The van der Waals surface area contributed by atoms with Crippen molar-refractivity contribution in [1.29, 1.82) is 0 Å². The van der Waals surface area contributed by atoms with Crippen molar-refractivity contribution >= 4 is 34.3 Å². The first-order valence-electron chi connectivity index (χ1n) is 5.88. The Labute approximate surface area is 124 Å². The lowest BCUT2D eigenvalue weighted by atomic mass is 9.99. The first-order chi connectivity index (χ1) is 9.56. The van der Waals surface area contributed by atoms with Crippen LogP contribution in [0.15, 0.2) is 45.6 Å². The molecule has 0 amide bonds. The van der Waals surface area contributed by atoms with Crippen LogP contribution < -0.4 is 11.5 Å². The summed E-state index contributed by atoms with van der Waals surface area (Å²) in [6.07, 6.45) is 0. The minimum Gasteiger partial charge on any atom is -0.408 e. The minimum absolute atomic E-state index is 0.450. The third kappa shape index (κ3) is 2.22. The van der Waals surface area contributed by atoms with Crippen molar-refractivity contribution in [2.75, 3.05) is 0 Å². The van der Waals surface area contributed by atoms with Gasteiger partial charge >= 0.3 is 5.76 Å². The maximum Gasteiger partial charge on any atom is 0.417 e. The zero-order chi connectivity index (χ0) is 14.3. The number of nitrogens with two attached hydrogens (primary N) is 1. The van der Waals surface area contributed by atoms with Gasteiger partial charge in [-0.15, -0.1) is 0 Å². The molecule has 3 aromatic rings. The average molecular weight is 309 g/mol. The maximum atomic E-state index is 11.2. The molecule has 0 spiro atoms. The Morgan fingerprint density at radius 3 is 2.55 bits per heavy atom. The highest BCUT2D eigenvalue weighted by Crippen LogP contribution is 2.33. The first-order valence-corrected chi connectivity index (χ1v) is 6.64. The smallest absolute Gasteiger partial charge is 0.408 e. The van der Waals surface area contributed by atoms with Gasteiger partial charge in [0.05, 0.1) is 11.6 Å². The predicted molar refractivity (Wildman–Crippen MR) is 79.3 cm³/mol. The van der Waals surface area contributed by atoms with Crippen LogP contribution in [0.1, 0.15) is 17.2 Å². The van der Waals surface area contributed by atoms with Gasteiger partial charge in [-0.2, -0.15) is 0 Å². The Hall–Kier alpha value is -1.75. The molecular formula is C14H10Cl2N2O2. The van der Waals surface area contributed by atoms with E-state index in [0.717, 1.165) is 5.56 Å². The third-order valence-corrected chi connectivity index (χ3v) is 3.77. The minimum atomic E-state index is -0.499. The van der Waals surface area contributed by atoms with E-state index in [2.05, 4.69) is 4.98 Å². The lowest BCUT2D eigenvalue weighted by molar-refractivity contribution is 0.555. The number of aromatic amines is 1. The molecule has 20 heavy (non-hydrogen) atoms. The highest BCUT2D eigenvalue weighted by Gasteiger charge is 2.17. The van der Waals surface area contributed by atoms with E-state index in [1.165, 1.54) is 0 Å². The SMILES string of the molecule is NC(c1ccc2[nH]c(=O)oc2c1)c1c(Cl)cccc1Cl. The molecule has 0 fully saturated rings. The van der Waals surface area contributed by atoms with Crippen molar-refractivity contribution in [3.05, 3.63) is 68.1 Å². The maximum absolute atomic E-state index is 11.2. The monoisotopic (exact) mass is 308 g/mol. The lowest BCUT2D eigenvalue weighted by Gasteiger charge is -2.15. The van der Waals surface area contributed by atoms with Crippen LogP contribution in [-0.2, 0) is 0 Å². The van der Waals surface area contributed by atoms with E-state index in [4.69, 9.17) is 33.4 Å². The van der Waals surface area contributed by atoms with E-state index in [1.807, 2.05) is 0 Å². The molecule has 0 saturated heterocycles. The van der Waals surface area contributed by atoms with Gasteiger partial charge in [-0.1, -0.05) is 35.3 Å². The first kappa shape index (κ1) is 13.2. The van der Waals surface area contributed by atoms with E-state index in [0.29, 0.717) is 26.7 Å². The summed E-state index contributed by atoms with van der Waals surface area (Å²) in [7, 11) is 0. The van der Waals surface area contributed by atoms with Crippen molar-refractivity contribution in [2.45, 2.75) is 6.04 Å². The Bertz CT molecular complexity index is 818. The van der Waals surface area contributed by atoms with E-state index >= 15 is 0 Å². The molecule has 1 heterocycles. The molecule has 4 nitrogen and oxygen atoms in total. The van der Waals surface area contributed by atoms with Gasteiger partial charge in [-0.05, 0) is 29.8 Å². The number of H-pyrrole nitrogens is 1. The average Bonchev–Trinajstić information content (AvgIpc) is 2.77. The van der Waals surface area contributed by atoms with Crippen LogP contribution in [0.3, 0.4) is 0 Å².